The number of ether oxygens (including phenoxy) is 1. The molecule has 54 valence electrons. The van der Waals surface area contributed by atoms with E-state index in [1.807, 2.05) is 0 Å². The molecule has 2 aliphatic rings. The van der Waals surface area contributed by atoms with Crippen LogP contribution in [0.25, 0.3) is 0 Å². The van der Waals surface area contributed by atoms with Crippen LogP contribution in [0.5, 0.6) is 0 Å². The van der Waals surface area contributed by atoms with Crippen LogP contribution in [0.2, 0.25) is 0 Å². The number of hydrogen-bond acceptors (Lipinski definition) is 2. The summed E-state index contributed by atoms with van der Waals surface area (Å²) >= 11 is 0. The first-order valence-corrected chi connectivity index (χ1v) is 3.78. The second kappa shape index (κ2) is 2.11. The molecule has 0 amide bonds. The minimum Gasteiger partial charge on any atom is -0.431 e. The Kier molecular flexibility index (Phi) is 1.26. The summed E-state index contributed by atoms with van der Waals surface area (Å²) in [7, 11) is 0. The van der Waals surface area contributed by atoms with E-state index >= 15 is 0 Å². The fourth-order valence-electron chi connectivity index (χ4n) is 1.60. The summed E-state index contributed by atoms with van der Waals surface area (Å²) in [5.74, 6) is 0.933. The quantitative estimate of drug-likeness (QED) is 0.477. The number of carbonyl (C=O) groups excluding carboxylic acids is 1. The third kappa shape index (κ3) is 0.838. The third-order valence-electron chi connectivity index (χ3n) is 2.12. The van der Waals surface area contributed by atoms with Crippen LogP contribution in [-0.4, -0.2) is 5.97 Å². The molecule has 0 radical (unpaired) electrons. The van der Waals surface area contributed by atoms with Crippen molar-refractivity contribution in [2.24, 2.45) is 0 Å². The van der Waals surface area contributed by atoms with Gasteiger partial charge in [-0.1, -0.05) is 0 Å². The Bertz CT molecular complexity index is 183. The van der Waals surface area contributed by atoms with Crippen LogP contribution in [0.15, 0.2) is 11.3 Å². The number of esters is 1. The number of rotatable bonds is 0. The number of hydrogen-bond donors (Lipinski definition) is 0. The third-order valence-corrected chi connectivity index (χ3v) is 2.12. The maximum atomic E-state index is 10.7. The molecule has 0 saturated carbocycles. The Morgan fingerprint density at radius 1 is 1.20 bits per heavy atom. The Labute approximate surface area is 59.9 Å². The van der Waals surface area contributed by atoms with Crippen LogP contribution in [0, 0.1) is 0 Å². The topological polar surface area (TPSA) is 26.3 Å². The molecule has 0 unspecified atom stereocenters. The van der Waals surface area contributed by atoms with E-state index in [1.54, 1.807) is 0 Å². The lowest BCUT2D eigenvalue weighted by atomic mass is 9.97. The van der Waals surface area contributed by atoms with Gasteiger partial charge >= 0.3 is 5.97 Å². The van der Waals surface area contributed by atoms with Crippen LogP contribution in [-0.2, 0) is 9.53 Å². The minimum absolute atomic E-state index is 0.0492. The molecule has 1 aliphatic carbocycles. The molecular weight excluding hydrogens is 128 g/mol. The predicted molar refractivity (Wildman–Crippen MR) is 36.2 cm³/mol. The first kappa shape index (κ1) is 5.96. The van der Waals surface area contributed by atoms with Gasteiger partial charge in [0.2, 0.25) is 0 Å². The fourth-order valence-corrected chi connectivity index (χ4v) is 1.60. The van der Waals surface area contributed by atoms with Crippen LogP contribution in [0.1, 0.15) is 32.1 Å². The highest BCUT2D eigenvalue weighted by molar-refractivity contribution is 5.77. The van der Waals surface area contributed by atoms with Gasteiger partial charge in [-0.15, -0.1) is 0 Å². The van der Waals surface area contributed by atoms with Gasteiger partial charge in [-0.2, -0.15) is 0 Å². The van der Waals surface area contributed by atoms with Gasteiger partial charge in [0.25, 0.3) is 0 Å². The molecule has 0 aromatic rings. The van der Waals surface area contributed by atoms with Crippen molar-refractivity contribution in [3.8, 4) is 0 Å². The molecule has 0 saturated heterocycles. The Balaban J connectivity index is 2.20. The highest BCUT2D eigenvalue weighted by Crippen LogP contribution is 2.32. The average molecular weight is 138 g/mol. The van der Waals surface area contributed by atoms with Crippen LogP contribution >= 0.6 is 0 Å². The van der Waals surface area contributed by atoms with Crippen LogP contribution in [0.3, 0.4) is 0 Å². The van der Waals surface area contributed by atoms with E-state index in [0.29, 0.717) is 6.42 Å². The number of carbonyl (C=O) groups is 1. The molecule has 1 aliphatic heterocycles. The van der Waals surface area contributed by atoms with E-state index in [-0.39, 0.29) is 5.97 Å². The predicted octanol–water partition coefficient (Wildman–Crippen LogP) is 1.76. The van der Waals surface area contributed by atoms with Gasteiger partial charge in [0.15, 0.2) is 0 Å². The zero-order valence-electron chi connectivity index (χ0n) is 5.85. The number of allylic oxidation sites excluding steroid dienone is 1. The Hall–Kier alpha value is -0.790. The first-order chi connectivity index (χ1) is 4.86. The van der Waals surface area contributed by atoms with E-state index < -0.39 is 0 Å². The van der Waals surface area contributed by atoms with Gasteiger partial charge in [-0.3, -0.25) is 4.79 Å². The van der Waals surface area contributed by atoms with E-state index in [2.05, 4.69) is 0 Å². The fraction of sp³-hybridized carbons (Fsp3) is 0.625. The first-order valence-electron chi connectivity index (χ1n) is 3.78. The Morgan fingerprint density at radius 2 is 2.00 bits per heavy atom. The van der Waals surface area contributed by atoms with Gasteiger partial charge in [-0.25, -0.2) is 0 Å². The van der Waals surface area contributed by atoms with Crippen molar-refractivity contribution in [2.75, 3.05) is 0 Å². The van der Waals surface area contributed by atoms with Crippen LogP contribution < -0.4 is 0 Å². The molecule has 0 aromatic heterocycles. The normalized spacial score (nSPS) is 24.6. The molecule has 0 bridgehead atoms. The largest absolute Gasteiger partial charge is 0.431 e. The lowest BCUT2D eigenvalue weighted by Gasteiger charge is -2.09. The maximum absolute atomic E-state index is 10.7. The SMILES string of the molecule is O=C1CC2=C(CCCC2)O1. The van der Waals surface area contributed by atoms with Crippen molar-refractivity contribution in [2.45, 2.75) is 32.1 Å². The summed E-state index contributed by atoms with van der Waals surface area (Å²) in [5.41, 5.74) is 1.26. The molecule has 0 spiro atoms. The second-order valence-electron chi connectivity index (χ2n) is 2.88. The van der Waals surface area contributed by atoms with E-state index in [4.69, 9.17) is 4.74 Å². The maximum Gasteiger partial charge on any atom is 0.315 e. The molecule has 0 fully saturated rings. The summed E-state index contributed by atoms with van der Waals surface area (Å²) in [6.45, 7) is 0. The highest BCUT2D eigenvalue weighted by atomic mass is 16.5. The Morgan fingerprint density at radius 3 is 2.80 bits per heavy atom. The van der Waals surface area contributed by atoms with E-state index in [0.717, 1.165) is 18.6 Å². The highest BCUT2D eigenvalue weighted by Gasteiger charge is 2.25. The molecule has 0 atom stereocenters. The standard InChI is InChI=1S/C8H10O2/c9-8-5-6-3-1-2-4-7(6)10-8/h1-5H2. The molecule has 0 N–H and O–H groups in total. The lowest BCUT2D eigenvalue weighted by molar-refractivity contribution is -0.136. The molecule has 2 heteroatoms. The molecule has 2 nitrogen and oxygen atoms in total. The van der Waals surface area contributed by atoms with E-state index in [1.165, 1.54) is 18.4 Å². The van der Waals surface area contributed by atoms with Crippen molar-refractivity contribution in [3.05, 3.63) is 11.3 Å². The average Bonchev–Trinajstić information content (AvgIpc) is 2.27. The van der Waals surface area contributed by atoms with Crippen molar-refractivity contribution >= 4 is 5.97 Å². The molecule has 1 heterocycles. The zero-order valence-corrected chi connectivity index (χ0v) is 5.85. The van der Waals surface area contributed by atoms with Crippen molar-refractivity contribution in [1.29, 1.82) is 0 Å². The summed E-state index contributed by atoms with van der Waals surface area (Å²) in [6.07, 6.45) is 5.05. The molecule has 10 heavy (non-hydrogen) atoms. The summed E-state index contributed by atoms with van der Waals surface area (Å²) in [4.78, 5) is 10.7. The van der Waals surface area contributed by atoms with Gasteiger partial charge in [0.05, 0.1) is 6.42 Å². The summed E-state index contributed by atoms with van der Waals surface area (Å²) < 4.78 is 5.01. The van der Waals surface area contributed by atoms with E-state index in [9.17, 15) is 4.79 Å². The van der Waals surface area contributed by atoms with Gasteiger partial charge < -0.3 is 4.74 Å². The summed E-state index contributed by atoms with van der Waals surface area (Å²) in [6, 6.07) is 0. The minimum atomic E-state index is -0.0492. The molecular formula is C8H10O2. The lowest BCUT2D eigenvalue weighted by Crippen LogP contribution is -1.94. The van der Waals surface area contributed by atoms with Crippen molar-refractivity contribution < 1.29 is 9.53 Å². The van der Waals surface area contributed by atoms with Crippen LogP contribution in [0.4, 0.5) is 0 Å². The van der Waals surface area contributed by atoms with Crippen molar-refractivity contribution in [3.63, 3.8) is 0 Å². The smallest absolute Gasteiger partial charge is 0.315 e. The van der Waals surface area contributed by atoms with Crippen molar-refractivity contribution in [1.82, 2.24) is 0 Å². The zero-order chi connectivity index (χ0) is 6.97. The second-order valence-corrected chi connectivity index (χ2v) is 2.88. The monoisotopic (exact) mass is 138 g/mol. The summed E-state index contributed by atoms with van der Waals surface area (Å²) in [5, 5.41) is 0. The van der Waals surface area contributed by atoms with Gasteiger partial charge in [0.1, 0.15) is 5.76 Å². The molecule has 2 rings (SSSR count). The van der Waals surface area contributed by atoms with Gasteiger partial charge in [0, 0.05) is 6.42 Å². The molecule has 0 aromatic carbocycles. The van der Waals surface area contributed by atoms with Gasteiger partial charge in [-0.05, 0) is 24.8 Å².